The van der Waals surface area contributed by atoms with Gasteiger partial charge in [-0.15, -0.1) is 6.58 Å². The molecule has 0 fully saturated rings. The molecular weight excluding hydrogens is 278 g/mol. The van der Waals surface area contributed by atoms with E-state index in [1.165, 1.54) is 0 Å². The largest absolute Gasteiger partial charge is 0.378 e. The molecule has 0 bridgehead atoms. The second-order valence-electron chi connectivity index (χ2n) is 5.72. The van der Waals surface area contributed by atoms with E-state index in [0.29, 0.717) is 0 Å². The maximum Gasteiger partial charge on any atom is 0.0919 e. The van der Waals surface area contributed by atoms with E-state index < -0.39 is 0 Å². The van der Waals surface area contributed by atoms with E-state index in [0.717, 1.165) is 45.4 Å². The third-order valence-corrected chi connectivity index (χ3v) is 4.02. The molecule has 4 heteroatoms. The average molecular weight is 315 g/mol. The Morgan fingerprint density at radius 3 is 2.32 bits per heavy atom. The molecule has 0 aliphatic rings. The maximum absolute atomic E-state index is 6.02. The third-order valence-electron chi connectivity index (χ3n) is 4.02. The predicted molar refractivity (Wildman–Crippen MR) is 93.4 cm³/mol. The zero-order chi connectivity index (χ0) is 16.8. The van der Waals surface area contributed by atoms with Crippen LogP contribution in [0.4, 0.5) is 0 Å². The molecule has 0 aromatic carbocycles. The zero-order valence-corrected chi connectivity index (χ0v) is 15.3. The summed E-state index contributed by atoms with van der Waals surface area (Å²) in [4.78, 5) is 0. The topological polar surface area (TPSA) is 39.7 Å². The highest BCUT2D eigenvalue weighted by Crippen LogP contribution is 2.23. The van der Waals surface area contributed by atoms with Crippen LogP contribution in [-0.4, -0.2) is 52.2 Å². The molecule has 0 spiro atoms. The number of methoxy groups -OCH3 is 1. The first-order valence-corrected chi connectivity index (χ1v) is 8.69. The van der Waals surface area contributed by atoms with E-state index in [9.17, 15) is 0 Å². The smallest absolute Gasteiger partial charge is 0.0919 e. The SMILES string of the molecule is C=CC(C(OC)[C@@H](CC)OCCCC)[C@@H](C)OCCCNC. The van der Waals surface area contributed by atoms with E-state index in [1.807, 2.05) is 13.1 Å². The molecule has 1 N–H and O–H groups in total. The second kappa shape index (κ2) is 14.2. The highest BCUT2D eigenvalue weighted by molar-refractivity contribution is 4.93. The Labute approximate surface area is 137 Å². The minimum atomic E-state index is -0.0151. The van der Waals surface area contributed by atoms with Gasteiger partial charge in [0.1, 0.15) is 0 Å². The van der Waals surface area contributed by atoms with Gasteiger partial charge in [-0.25, -0.2) is 0 Å². The fraction of sp³-hybridized carbons (Fsp3) is 0.889. The van der Waals surface area contributed by atoms with Gasteiger partial charge >= 0.3 is 0 Å². The summed E-state index contributed by atoms with van der Waals surface area (Å²) >= 11 is 0. The van der Waals surface area contributed by atoms with E-state index in [1.54, 1.807) is 7.11 Å². The highest BCUT2D eigenvalue weighted by Gasteiger charge is 2.31. The lowest BCUT2D eigenvalue weighted by atomic mass is 9.91. The van der Waals surface area contributed by atoms with Crippen molar-refractivity contribution in [2.24, 2.45) is 5.92 Å². The summed E-state index contributed by atoms with van der Waals surface area (Å²) in [6.45, 7) is 12.9. The minimum absolute atomic E-state index is 0.0151. The zero-order valence-electron chi connectivity index (χ0n) is 15.3. The summed E-state index contributed by atoms with van der Waals surface area (Å²) < 4.78 is 17.7. The van der Waals surface area contributed by atoms with Crippen LogP contribution in [0.1, 0.15) is 46.5 Å². The Morgan fingerprint density at radius 1 is 1.14 bits per heavy atom. The van der Waals surface area contributed by atoms with Gasteiger partial charge in [0.15, 0.2) is 0 Å². The summed E-state index contributed by atoms with van der Waals surface area (Å²) in [7, 11) is 3.71. The van der Waals surface area contributed by atoms with Gasteiger partial charge in [0.05, 0.1) is 18.3 Å². The lowest BCUT2D eigenvalue weighted by Crippen LogP contribution is -2.41. The summed E-state index contributed by atoms with van der Waals surface area (Å²) in [5, 5.41) is 3.13. The standard InChI is InChI=1S/C18H37NO3/c1-7-10-13-22-17(9-3)18(20-6)16(8-2)15(4)21-14-11-12-19-5/h8,15-19H,2,7,9-14H2,1,3-6H3/t15-,16?,17-,18?/m1/s1. The van der Waals surface area contributed by atoms with Crippen molar-refractivity contribution in [1.29, 1.82) is 0 Å². The highest BCUT2D eigenvalue weighted by atomic mass is 16.5. The van der Waals surface area contributed by atoms with Crippen LogP contribution in [0, 0.1) is 5.92 Å². The molecule has 0 saturated carbocycles. The molecule has 4 nitrogen and oxygen atoms in total. The quantitative estimate of drug-likeness (QED) is 0.371. The molecule has 0 amide bonds. The first kappa shape index (κ1) is 21.6. The number of hydrogen-bond acceptors (Lipinski definition) is 4. The Balaban J connectivity index is 4.56. The molecule has 2 unspecified atom stereocenters. The van der Waals surface area contributed by atoms with Gasteiger partial charge in [0.2, 0.25) is 0 Å². The van der Waals surface area contributed by atoms with E-state index in [-0.39, 0.29) is 24.2 Å². The second-order valence-corrected chi connectivity index (χ2v) is 5.72. The normalized spacial score (nSPS) is 17.0. The van der Waals surface area contributed by atoms with Crippen molar-refractivity contribution in [1.82, 2.24) is 5.32 Å². The van der Waals surface area contributed by atoms with Gasteiger partial charge < -0.3 is 19.5 Å². The molecule has 4 atom stereocenters. The van der Waals surface area contributed by atoms with Gasteiger partial charge in [0.25, 0.3) is 0 Å². The Kier molecular flexibility index (Phi) is 13.9. The van der Waals surface area contributed by atoms with Crippen molar-refractivity contribution in [2.75, 3.05) is 33.9 Å². The molecule has 0 heterocycles. The maximum atomic E-state index is 6.02. The number of nitrogens with one attached hydrogen (secondary N) is 1. The third kappa shape index (κ3) is 8.28. The molecule has 0 aliphatic heterocycles. The van der Waals surface area contributed by atoms with Crippen molar-refractivity contribution >= 4 is 0 Å². The number of unbranched alkanes of at least 4 members (excludes halogenated alkanes) is 1. The summed E-state index contributed by atoms with van der Waals surface area (Å²) in [5.41, 5.74) is 0. The fourth-order valence-electron chi connectivity index (χ4n) is 2.60. The van der Waals surface area contributed by atoms with Gasteiger partial charge in [-0.3, -0.25) is 0 Å². The molecule has 0 aromatic heterocycles. The molecule has 0 radical (unpaired) electrons. The van der Waals surface area contributed by atoms with Gasteiger partial charge in [-0.05, 0) is 39.8 Å². The van der Waals surface area contributed by atoms with Gasteiger partial charge in [-0.1, -0.05) is 26.3 Å². The van der Waals surface area contributed by atoms with Crippen LogP contribution in [0.25, 0.3) is 0 Å². The van der Waals surface area contributed by atoms with Crippen molar-refractivity contribution in [3.63, 3.8) is 0 Å². The summed E-state index contributed by atoms with van der Waals surface area (Å²) in [5.74, 6) is 0.131. The predicted octanol–water partition coefficient (Wildman–Crippen LogP) is 3.41. The minimum Gasteiger partial charge on any atom is -0.378 e. The Hall–Kier alpha value is -0.420. The molecule has 0 saturated heterocycles. The van der Waals surface area contributed by atoms with Crippen LogP contribution in [0.3, 0.4) is 0 Å². The first-order valence-electron chi connectivity index (χ1n) is 8.69. The molecule has 0 rings (SSSR count). The Bertz CT molecular complexity index is 261. The molecule has 22 heavy (non-hydrogen) atoms. The monoisotopic (exact) mass is 315 g/mol. The fourth-order valence-corrected chi connectivity index (χ4v) is 2.60. The molecular formula is C18H37NO3. The Morgan fingerprint density at radius 2 is 1.82 bits per heavy atom. The lowest BCUT2D eigenvalue weighted by molar-refractivity contribution is -0.103. The number of hydrogen-bond donors (Lipinski definition) is 1. The van der Waals surface area contributed by atoms with E-state index >= 15 is 0 Å². The van der Waals surface area contributed by atoms with Crippen LogP contribution in [0.15, 0.2) is 12.7 Å². The van der Waals surface area contributed by atoms with Crippen LogP contribution in [-0.2, 0) is 14.2 Å². The van der Waals surface area contributed by atoms with Gasteiger partial charge in [0, 0.05) is 26.2 Å². The molecule has 132 valence electrons. The van der Waals surface area contributed by atoms with Crippen molar-refractivity contribution in [3.8, 4) is 0 Å². The van der Waals surface area contributed by atoms with Crippen LogP contribution in [0.2, 0.25) is 0 Å². The van der Waals surface area contributed by atoms with E-state index in [4.69, 9.17) is 14.2 Å². The van der Waals surface area contributed by atoms with Crippen molar-refractivity contribution < 1.29 is 14.2 Å². The van der Waals surface area contributed by atoms with Crippen molar-refractivity contribution in [3.05, 3.63) is 12.7 Å². The number of rotatable bonds is 15. The number of ether oxygens (including phenoxy) is 3. The lowest BCUT2D eigenvalue weighted by Gasteiger charge is -2.34. The molecule has 0 aromatic rings. The average Bonchev–Trinajstić information content (AvgIpc) is 2.53. The molecule has 0 aliphatic carbocycles. The van der Waals surface area contributed by atoms with Crippen LogP contribution < -0.4 is 5.32 Å². The first-order chi connectivity index (χ1) is 10.7. The van der Waals surface area contributed by atoms with Crippen LogP contribution >= 0.6 is 0 Å². The summed E-state index contributed by atoms with van der Waals surface area (Å²) in [6, 6.07) is 0. The van der Waals surface area contributed by atoms with E-state index in [2.05, 4.69) is 32.7 Å². The summed E-state index contributed by atoms with van der Waals surface area (Å²) in [6.07, 6.45) is 6.25. The van der Waals surface area contributed by atoms with Crippen LogP contribution in [0.5, 0.6) is 0 Å². The van der Waals surface area contributed by atoms with Gasteiger partial charge in [-0.2, -0.15) is 0 Å². The van der Waals surface area contributed by atoms with Crippen molar-refractivity contribution in [2.45, 2.75) is 64.8 Å².